The number of hydrogen-bond acceptors (Lipinski definition) is 4. The minimum atomic E-state index is -1.17. The van der Waals surface area contributed by atoms with Crippen molar-refractivity contribution in [1.29, 1.82) is 5.26 Å². The molecule has 1 aromatic rings. The molecule has 1 atom stereocenters. The van der Waals surface area contributed by atoms with E-state index in [0.717, 1.165) is 0 Å². The Morgan fingerprint density at radius 3 is 2.57 bits per heavy atom. The molecule has 72 valence electrons. The van der Waals surface area contributed by atoms with Crippen LogP contribution in [-0.2, 0) is 9.53 Å². The van der Waals surface area contributed by atoms with E-state index in [2.05, 4.69) is 4.74 Å². The van der Waals surface area contributed by atoms with E-state index in [1.54, 1.807) is 36.4 Å². The average Bonchev–Trinajstić information content (AvgIpc) is 2.21. The van der Waals surface area contributed by atoms with E-state index in [4.69, 9.17) is 10.00 Å². The summed E-state index contributed by atoms with van der Waals surface area (Å²) in [5, 5.41) is 8.50. The van der Waals surface area contributed by atoms with Crippen LogP contribution in [0.2, 0.25) is 0 Å². The van der Waals surface area contributed by atoms with E-state index >= 15 is 0 Å². The van der Waals surface area contributed by atoms with E-state index in [-0.39, 0.29) is 0 Å². The van der Waals surface area contributed by atoms with E-state index in [0.29, 0.717) is 5.75 Å². The van der Waals surface area contributed by atoms with Crippen LogP contribution in [0.3, 0.4) is 0 Å². The highest BCUT2D eigenvalue weighted by atomic mass is 16.6. The molecule has 0 fully saturated rings. The maximum atomic E-state index is 11.2. The molecule has 0 heterocycles. The molecule has 0 aliphatic rings. The first kappa shape index (κ1) is 10.2. The minimum Gasteiger partial charge on any atom is -0.424 e. The van der Waals surface area contributed by atoms with Gasteiger partial charge in [-0.15, -0.1) is 0 Å². The molecule has 1 unspecified atom stereocenters. The fourth-order valence-corrected chi connectivity index (χ4v) is 0.860. The zero-order valence-electron chi connectivity index (χ0n) is 7.64. The summed E-state index contributed by atoms with van der Waals surface area (Å²) < 4.78 is 9.47. The lowest BCUT2D eigenvalue weighted by atomic mass is 10.3. The normalized spacial score (nSPS) is 11.4. The Balaban J connectivity index is 2.62. The average molecular weight is 191 g/mol. The van der Waals surface area contributed by atoms with E-state index in [1.807, 2.05) is 0 Å². The van der Waals surface area contributed by atoms with Gasteiger partial charge in [-0.3, -0.25) is 0 Å². The number of carbonyl (C=O) groups excluding carboxylic acids is 1. The molecule has 0 aliphatic heterocycles. The van der Waals surface area contributed by atoms with Gasteiger partial charge >= 0.3 is 5.97 Å². The molecule has 0 saturated carbocycles. The molecular weight excluding hydrogens is 182 g/mol. The monoisotopic (exact) mass is 191 g/mol. The van der Waals surface area contributed by atoms with Crippen LogP contribution in [-0.4, -0.2) is 19.2 Å². The molecule has 4 nitrogen and oxygen atoms in total. The first-order valence-corrected chi connectivity index (χ1v) is 3.97. The van der Waals surface area contributed by atoms with Crippen molar-refractivity contribution in [3.05, 3.63) is 30.3 Å². The molecule has 0 spiro atoms. The molecular formula is C10H9NO3. The maximum Gasteiger partial charge on any atom is 0.355 e. The standard InChI is InChI=1S/C10H9NO3/c1-13-9(7-11)10(12)14-8-5-3-2-4-6-8/h2-6,9H,1H3. The smallest absolute Gasteiger partial charge is 0.355 e. The largest absolute Gasteiger partial charge is 0.424 e. The van der Waals surface area contributed by atoms with Gasteiger partial charge in [-0.25, -0.2) is 4.79 Å². The van der Waals surface area contributed by atoms with E-state index in [9.17, 15) is 4.79 Å². The Morgan fingerprint density at radius 2 is 2.07 bits per heavy atom. The summed E-state index contributed by atoms with van der Waals surface area (Å²) in [5.41, 5.74) is 0. The number of nitriles is 1. The lowest BCUT2D eigenvalue weighted by Gasteiger charge is -2.06. The molecule has 0 N–H and O–H groups in total. The summed E-state index contributed by atoms with van der Waals surface area (Å²) in [7, 11) is 1.28. The van der Waals surface area contributed by atoms with Gasteiger partial charge in [0.1, 0.15) is 11.8 Å². The third-order valence-electron chi connectivity index (χ3n) is 1.53. The second kappa shape index (κ2) is 5.00. The summed E-state index contributed by atoms with van der Waals surface area (Å²) in [4.78, 5) is 11.2. The molecule has 1 aromatic carbocycles. The molecule has 1 rings (SSSR count). The zero-order chi connectivity index (χ0) is 10.4. The van der Waals surface area contributed by atoms with Crippen molar-refractivity contribution < 1.29 is 14.3 Å². The second-order valence-electron chi connectivity index (χ2n) is 2.48. The summed E-state index contributed by atoms with van der Waals surface area (Å²) in [5.74, 6) is -0.309. The lowest BCUT2D eigenvalue weighted by molar-refractivity contribution is -0.142. The van der Waals surface area contributed by atoms with Gasteiger partial charge < -0.3 is 9.47 Å². The predicted octanol–water partition coefficient (Wildman–Crippen LogP) is 1.13. The number of ether oxygens (including phenoxy) is 2. The van der Waals surface area contributed by atoms with Gasteiger partial charge in [0.15, 0.2) is 0 Å². The molecule has 0 aliphatic carbocycles. The molecule has 4 heteroatoms. The van der Waals surface area contributed by atoms with Crippen molar-refractivity contribution in [3.63, 3.8) is 0 Å². The number of carbonyl (C=O) groups is 1. The molecule has 0 bridgehead atoms. The van der Waals surface area contributed by atoms with Crippen molar-refractivity contribution in [2.24, 2.45) is 0 Å². The molecule has 0 amide bonds. The fraction of sp³-hybridized carbons (Fsp3) is 0.200. The van der Waals surface area contributed by atoms with Gasteiger partial charge in [0, 0.05) is 7.11 Å². The topological polar surface area (TPSA) is 59.3 Å². The number of benzene rings is 1. The fourth-order valence-electron chi connectivity index (χ4n) is 0.860. The first-order valence-electron chi connectivity index (χ1n) is 3.97. The molecule has 0 radical (unpaired) electrons. The first-order chi connectivity index (χ1) is 6.77. The highest BCUT2D eigenvalue weighted by Gasteiger charge is 2.18. The summed E-state index contributed by atoms with van der Waals surface area (Å²) >= 11 is 0. The SMILES string of the molecule is COC(C#N)C(=O)Oc1ccccc1. The van der Waals surface area contributed by atoms with Gasteiger partial charge in [0.2, 0.25) is 6.10 Å². The van der Waals surface area contributed by atoms with Crippen molar-refractivity contribution in [3.8, 4) is 11.8 Å². The zero-order valence-corrected chi connectivity index (χ0v) is 7.64. The molecule has 0 aromatic heterocycles. The van der Waals surface area contributed by atoms with Crippen LogP contribution in [0, 0.1) is 11.3 Å². The maximum absolute atomic E-state index is 11.2. The van der Waals surface area contributed by atoms with Crippen LogP contribution in [0.1, 0.15) is 0 Å². The van der Waals surface area contributed by atoms with Crippen LogP contribution < -0.4 is 4.74 Å². The lowest BCUT2D eigenvalue weighted by Crippen LogP contribution is -2.25. The number of methoxy groups -OCH3 is 1. The number of hydrogen-bond donors (Lipinski definition) is 0. The van der Waals surface area contributed by atoms with E-state index < -0.39 is 12.1 Å². The number of nitrogens with zero attached hydrogens (tertiary/aromatic N) is 1. The summed E-state index contributed by atoms with van der Waals surface area (Å²) in [6, 6.07) is 10.2. The van der Waals surface area contributed by atoms with Crippen LogP contribution in [0.25, 0.3) is 0 Å². The summed E-state index contributed by atoms with van der Waals surface area (Å²) in [6.07, 6.45) is -1.17. The van der Waals surface area contributed by atoms with Gasteiger partial charge in [0.05, 0.1) is 0 Å². The van der Waals surface area contributed by atoms with Crippen LogP contribution in [0.4, 0.5) is 0 Å². The molecule has 14 heavy (non-hydrogen) atoms. The van der Waals surface area contributed by atoms with Gasteiger partial charge in [0.25, 0.3) is 0 Å². The Hall–Kier alpha value is -1.86. The van der Waals surface area contributed by atoms with Crippen molar-refractivity contribution in [2.75, 3.05) is 7.11 Å². The van der Waals surface area contributed by atoms with Gasteiger partial charge in [-0.2, -0.15) is 5.26 Å². The van der Waals surface area contributed by atoms with E-state index in [1.165, 1.54) is 7.11 Å². The second-order valence-corrected chi connectivity index (χ2v) is 2.48. The quantitative estimate of drug-likeness (QED) is 0.530. The number of para-hydroxylation sites is 1. The Morgan fingerprint density at radius 1 is 1.43 bits per heavy atom. The third-order valence-corrected chi connectivity index (χ3v) is 1.53. The highest BCUT2D eigenvalue weighted by Crippen LogP contribution is 2.09. The number of esters is 1. The van der Waals surface area contributed by atoms with Crippen LogP contribution in [0.15, 0.2) is 30.3 Å². The Labute approximate surface area is 81.7 Å². The van der Waals surface area contributed by atoms with Crippen LogP contribution >= 0.6 is 0 Å². The van der Waals surface area contributed by atoms with Crippen molar-refractivity contribution in [1.82, 2.24) is 0 Å². The van der Waals surface area contributed by atoms with Crippen LogP contribution in [0.5, 0.6) is 5.75 Å². The van der Waals surface area contributed by atoms with Crippen molar-refractivity contribution >= 4 is 5.97 Å². The predicted molar refractivity (Wildman–Crippen MR) is 48.5 cm³/mol. The minimum absolute atomic E-state index is 0.398. The Kier molecular flexibility index (Phi) is 3.65. The van der Waals surface area contributed by atoms with Crippen molar-refractivity contribution in [2.45, 2.75) is 6.10 Å². The van der Waals surface area contributed by atoms with Gasteiger partial charge in [-0.05, 0) is 12.1 Å². The molecule has 0 saturated heterocycles. The highest BCUT2D eigenvalue weighted by molar-refractivity contribution is 5.79. The van der Waals surface area contributed by atoms with Gasteiger partial charge in [-0.1, -0.05) is 18.2 Å². The Bertz CT molecular complexity index is 342. The number of rotatable bonds is 3. The summed E-state index contributed by atoms with van der Waals surface area (Å²) in [6.45, 7) is 0. The third kappa shape index (κ3) is 2.57.